The molecular weight excluding hydrogens is 428 g/mol. The van der Waals surface area contributed by atoms with Gasteiger partial charge < -0.3 is 15.4 Å². The quantitative estimate of drug-likeness (QED) is 0.571. The number of nitrogens with one attached hydrogen (secondary N) is 1. The number of nitrogens with zero attached hydrogens (tertiary/aromatic N) is 4. The van der Waals surface area contributed by atoms with Gasteiger partial charge in [-0.3, -0.25) is 9.80 Å². The average molecular weight is 455 g/mol. The lowest BCUT2D eigenvalue weighted by Gasteiger charge is -2.28. The highest BCUT2D eigenvalue weighted by Gasteiger charge is 2.37. The molecular formula is C26H26N6O2. The number of ether oxygens (including phenoxy) is 1. The molecule has 5 rings (SSSR count). The van der Waals surface area contributed by atoms with Gasteiger partial charge in [-0.15, -0.1) is 0 Å². The number of carbonyl (C=O) groups excluding carboxylic acids is 1. The maximum Gasteiger partial charge on any atom is 0.298 e. The SMILES string of the molecule is CC#CC(=O)N1CCC[C@H]1CN1NC(c2ccc(Oc3ccccc3)cc2)c2c(N)ncnc21. The van der Waals surface area contributed by atoms with Crippen molar-refractivity contribution in [3.8, 4) is 23.3 Å². The Morgan fingerprint density at radius 1 is 1.15 bits per heavy atom. The van der Waals surface area contributed by atoms with Gasteiger partial charge in [-0.2, -0.15) is 0 Å². The van der Waals surface area contributed by atoms with Gasteiger partial charge in [0, 0.05) is 6.54 Å². The fourth-order valence-electron chi connectivity index (χ4n) is 4.59. The van der Waals surface area contributed by atoms with Crippen molar-refractivity contribution in [3.63, 3.8) is 0 Å². The molecule has 1 unspecified atom stereocenters. The van der Waals surface area contributed by atoms with Crippen LogP contribution in [0.5, 0.6) is 11.5 Å². The number of aromatic nitrogens is 2. The van der Waals surface area contributed by atoms with Crippen molar-refractivity contribution in [1.82, 2.24) is 20.3 Å². The maximum absolute atomic E-state index is 12.4. The van der Waals surface area contributed by atoms with Crippen LogP contribution in [0.25, 0.3) is 0 Å². The van der Waals surface area contributed by atoms with E-state index in [4.69, 9.17) is 10.5 Å². The molecule has 2 atom stereocenters. The minimum atomic E-state index is -0.206. The van der Waals surface area contributed by atoms with Crippen molar-refractivity contribution in [1.29, 1.82) is 0 Å². The first-order valence-corrected chi connectivity index (χ1v) is 11.3. The zero-order valence-corrected chi connectivity index (χ0v) is 18.9. The Morgan fingerprint density at radius 3 is 2.68 bits per heavy atom. The third-order valence-corrected chi connectivity index (χ3v) is 6.18. The molecule has 0 spiro atoms. The first kappa shape index (κ1) is 21.7. The van der Waals surface area contributed by atoms with Crippen LogP contribution in [0.2, 0.25) is 0 Å². The van der Waals surface area contributed by atoms with E-state index in [0.29, 0.717) is 12.4 Å². The minimum Gasteiger partial charge on any atom is -0.457 e. The molecule has 2 aliphatic heterocycles. The largest absolute Gasteiger partial charge is 0.457 e. The van der Waals surface area contributed by atoms with Crippen LogP contribution in [0.3, 0.4) is 0 Å². The number of hydrazine groups is 1. The molecule has 3 N–H and O–H groups in total. The summed E-state index contributed by atoms with van der Waals surface area (Å²) < 4.78 is 5.92. The van der Waals surface area contributed by atoms with Crippen LogP contribution >= 0.6 is 0 Å². The Labute approximate surface area is 198 Å². The van der Waals surface area contributed by atoms with E-state index in [9.17, 15) is 4.79 Å². The van der Waals surface area contributed by atoms with Crippen molar-refractivity contribution < 1.29 is 9.53 Å². The Hall–Kier alpha value is -4.09. The van der Waals surface area contributed by atoms with Crippen molar-refractivity contribution in [2.24, 2.45) is 0 Å². The highest BCUT2D eigenvalue weighted by atomic mass is 16.5. The van der Waals surface area contributed by atoms with Crippen LogP contribution in [-0.4, -0.2) is 39.9 Å². The van der Waals surface area contributed by atoms with Gasteiger partial charge in [0.15, 0.2) is 5.82 Å². The fourth-order valence-corrected chi connectivity index (χ4v) is 4.59. The summed E-state index contributed by atoms with van der Waals surface area (Å²) in [5.74, 6) is 7.96. The number of benzene rings is 2. The van der Waals surface area contributed by atoms with E-state index in [1.54, 1.807) is 6.92 Å². The van der Waals surface area contributed by atoms with Crippen LogP contribution in [0.4, 0.5) is 11.6 Å². The molecule has 0 aliphatic carbocycles. The first-order chi connectivity index (χ1) is 16.6. The van der Waals surface area contributed by atoms with Crippen LogP contribution in [0.1, 0.15) is 36.9 Å². The fraction of sp³-hybridized carbons (Fsp3) is 0.269. The summed E-state index contributed by atoms with van der Waals surface area (Å²) in [6.07, 6.45) is 3.35. The predicted octanol–water partition coefficient (Wildman–Crippen LogP) is 3.28. The molecule has 1 saturated heterocycles. The van der Waals surface area contributed by atoms with Crippen molar-refractivity contribution in [2.75, 3.05) is 23.8 Å². The molecule has 8 heteroatoms. The molecule has 34 heavy (non-hydrogen) atoms. The van der Waals surface area contributed by atoms with E-state index < -0.39 is 0 Å². The zero-order chi connectivity index (χ0) is 23.5. The zero-order valence-electron chi connectivity index (χ0n) is 18.9. The van der Waals surface area contributed by atoms with Crippen molar-refractivity contribution >= 4 is 17.5 Å². The summed E-state index contributed by atoms with van der Waals surface area (Å²) in [5, 5.41) is 1.99. The third kappa shape index (κ3) is 4.26. The van der Waals surface area contributed by atoms with Crippen LogP contribution in [0, 0.1) is 11.8 Å². The summed E-state index contributed by atoms with van der Waals surface area (Å²) in [6.45, 7) is 2.99. The predicted molar refractivity (Wildman–Crippen MR) is 130 cm³/mol. The molecule has 0 radical (unpaired) electrons. The van der Waals surface area contributed by atoms with Gasteiger partial charge in [-0.05, 0) is 55.5 Å². The normalized spacial score (nSPS) is 18.9. The van der Waals surface area contributed by atoms with E-state index in [2.05, 4.69) is 27.2 Å². The van der Waals surface area contributed by atoms with Gasteiger partial charge in [0.2, 0.25) is 0 Å². The van der Waals surface area contributed by atoms with Gasteiger partial charge >= 0.3 is 0 Å². The van der Waals surface area contributed by atoms with E-state index >= 15 is 0 Å². The van der Waals surface area contributed by atoms with Gasteiger partial charge in [0.1, 0.15) is 23.6 Å². The van der Waals surface area contributed by atoms with E-state index in [0.717, 1.165) is 47.8 Å². The molecule has 2 aromatic carbocycles. The Morgan fingerprint density at radius 2 is 1.91 bits per heavy atom. The van der Waals surface area contributed by atoms with Gasteiger partial charge in [0.25, 0.3) is 5.91 Å². The van der Waals surface area contributed by atoms with Gasteiger partial charge in [-0.25, -0.2) is 15.4 Å². The number of carbonyl (C=O) groups is 1. The highest BCUT2D eigenvalue weighted by molar-refractivity contribution is 5.93. The molecule has 1 fully saturated rings. The Balaban J connectivity index is 1.37. The molecule has 1 amide bonds. The average Bonchev–Trinajstić information content (AvgIpc) is 3.47. The summed E-state index contributed by atoms with van der Waals surface area (Å²) in [4.78, 5) is 23.0. The molecule has 172 valence electrons. The molecule has 8 nitrogen and oxygen atoms in total. The molecule has 3 heterocycles. The smallest absolute Gasteiger partial charge is 0.298 e. The number of rotatable bonds is 5. The monoisotopic (exact) mass is 454 g/mol. The van der Waals surface area contributed by atoms with E-state index in [1.165, 1.54) is 6.33 Å². The number of nitrogens with two attached hydrogens (primary N) is 1. The number of fused-ring (bicyclic) bond motifs is 1. The minimum absolute atomic E-state index is 0.0466. The van der Waals surface area contributed by atoms with Gasteiger partial charge in [-0.1, -0.05) is 36.3 Å². The number of para-hydroxylation sites is 1. The third-order valence-electron chi connectivity index (χ3n) is 6.18. The number of amides is 1. The maximum atomic E-state index is 12.4. The van der Waals surface area contributed by atoms with Crippen molar-refractivity contribution in [2.45, 2.75) is 31.8 Å². The van der Waals surface area contributed by atoms with Crippen LogP contribution in [0.15, 0.2) is 60.9 Å². The topological polar surface area (TPSA) is 96.6 Å². The lowest BCUT2D eigenvalue weighted by Crippen LogP contribution is -2.46. The van der Waals surface area contributed by atoms with E-state index in [-0.39, 0.29) is 18.0 Å². The van der Waals surface area contributed by atoms with Crippen molar-refractivity contribution in [3.05, 3.63) is 72.1 Å². The lowest BCUT2D eigenvalue weighted by atomic mass is 10.0. The first-order valence-electron chi connectivity index (χ1n) is 11.3. The molecule has 0 saturated carbocycles. The summed E-state index contributed by atoms with van der Waals surface area (Å²) >= 11 is 0. The summed E-state index contributed by atoms with van der Waals surface area (Å²) in [6, 6.07) is 17.4. The second kappa shape index (κ2) is 9.41. The summed E-state index contributed by atoms with van der Waals surface area (Å²) in [5.41, 5.74) is 11.7. The molecule has 3 aromatic rings. The number of hydrogen-bond acceptors (Lipinski definition) is 7. The number of nitrogen functional groups attached to an aromatic ring is 1. The number of hydrogen-bond donors (Lipinski definition) is 2. The van der Waals surface area contributed by atoms with Crippen LogP contribution < -0.4 is 20.9 Å². The van der Waals surface area contributed by atoms with E-state index in [1.807, 2.05) is 64.5 Å². The second-order valence-electron chi connectivity index (χ2n) is 8.32. The second-order valence-corrected chi connectivity index (χ2v) is 8.32. The Bertz CT molecular complexity index is 1240. The molecule has 0 bridgehead atoms. The van der Waals surface area contributed by atoms with Crippen LogP contribution in [-0.2, 0) is 4.79 Å². The number of likely N-dealkylation sites (tertiary alicyclic amines) is 1. The van der Waals surface area contributed by atoms with Gasteiger partial charge in [0.05, 0.1) is 24.2 Å². The lowest BCUT2D eigenvalue weighted by molar-refractivity contribution is -0.125. The molecule has 1 aromatic heterocycles. The standard InChI is InChI=1S/C26H26N6O2/c1-2-7-22(33)31-15-6-8-19(31)16-32-26-23(25(27)28-17-29-26)24(30-32)18-11-13-21(14-12-18)34-20-9-4-3-5-10-20/h3-5,9-14,17,19,24,30H,6,8,15-16H2,1H3,(H2,27,28,29)/t19-,24?/m0/s1. The summed E-state index contributed by atoms with van der Waals surface area (Å²) in [7, 11) is 0. The number of anilines is 2. The highest BCUT2D eigenvalue weighted by Crippen LogP contribution is 2.39. The molecule has 2 aliphatic rings. The Kier molecular flexibility index (Phi) is 6.02.